The summed E-state index contributed by atoms with van der Waals surface area (Å²) >= 11 is 5.58. The van der Waals surface area contributed by atoms with E-state index in [1.807, 2.05) is 18.2 Å². The molecule has 0 amide bonds. The van der Waals surface area contributed by atoms with Gasteiger partial charge in [0.15, 0.2) is 11.0 Å². The molecule has 0 atom stereocenters. The first-order chi connectivity index (χ1) is 8.27. The molecule has 0 radical (unpaired) electrons. The molecule has 1 aromatic heterocycles. The lowest BCUT2D eigenvalue weighted by atomic mass is 10.1. The maximum atomic E-state index is 13.5. The van der Waals surface area contributed by atoms with Gasteiger partial charge in [-0.3, -0.25) is 0 Å². The molecule has 1 aromatic carbocycles. The van der Waals surface area contributed by atoms with Crippen LogP contribution in [0, 0.1) is 5.82 Å². The Balaban J connectivity index is 1.93. The lowest BCUT2D eigenvalue weighted by molar-refractivity contribution is 0.584. The summed E-state index contributed by atoms with van der Waals surface area (Å²) < 4.78 is 13.5. The molecular weight excluding hydrogens is 239 g/mol. The highest BCUT2D eigenvalue weighted by molar-refractivity contribution is 6.29. The molecule has 0 spiro atoms. The van der Waals surface area contributed by atoms with E-state index in [2.05, 4.69) is 22.1 Å². The summed E-state index contributed by atoms with van der Waals surface area (Å²) in [7, 11) is 0. The van der Waals surface area contributed by atoms with Gasteiger partial charge in [0.2, 0.25) is 0 Å². The van der Waals surface area contributed by atoms with E-state index in [0.717, 1.165) is 12.8 Å². The van der Waals surface area contributed by atoms with E-state index in [0.29, 0.717) is 12.1 Å². The maximum Gasteiger partial charge on any atom is 0.181 e. The predicted molar refractivity (Wildman–Crippen MR) is 65.5 cm³/mol. The van der Waals surface area contributed by atoms with Gasteiger partial charge >= 0.3 is 0 Å². The first kappa shape index (κ1) is 12.0. The fourth-order valence-electron chi connectivity index (χ4n) is 1.66. The summed E-state index contributed by atoms with van der Waals surface area (Å²) in [5.74, 6) is -0.498. The molecule has 1 heterocycles. The summed E-state index contributed by atoms with van der Waals surface area (Å²) in [5, 5.41) is -0.102. The second kappa shape index (κ2) is 5.73. The maximum absolute atomic E-state index is 13.5. The molecule has 0 N–H and O–H groups in total. The van der Waals surface area contributed by atoms with Crippen molar-refractivity contribution in [1.82, 2.24) is 9.97 Å². The van der Waals surface area contributed by atoms with E-state index < -0.39 is 5.82 Å². The molecule has 17 heavy (non-hydrogen) atoms. The molecule has 2 rings (SSSR count). The molecule has 2 nitrogen and oxygen atoms in total. The largest absolute Gasteiger partial charge is 0.238 e. The SMILES string of the molecule is Fc1c(Cl)ncnc1CCCc1ccccc1. The monoisotopic (exact) mass is 250 g/mol. The molecular formula is C13H12ClFN2. The van der Waals surface area contributed by atoms with Crippen LogP contribution in [0.4, 0.5) is 4.39 Å². The number of aryl methyl sites for hydroxylation is 2. The third-order valence-electron chi connectivity index (χ3n) is 2.54. The number of hydrogen-bond donors (Lipinski definition) is 0. The van der Waals surface area contributed by atoms with Gasteiger partial charge in [-0.1, -0.05) is 41.9 Å². The van der Waals surface area contributed by atoms with Crippen molar-refractivity contribution in [3.8, 4) is 0 Å². The molecule has 0 bridgehead atoms. The number of aromatic nitrogens is 2. The van der Waals surface area contributed by atoms with Crippen LogP contribution in [-0.4, -0.2) is 9.97 Å². The van der Waals surface area contributed by atoms with Crippen molar-refractivity contribution in [1.29, 1.82) is 0 Å². The van der Waals surface area contributed by atoms with Crippen LogP contribution in [0.5, 0.6) is 0 Å². The molecule has 2 aromatic rings. The van der Waals surface area contributed by atoms with Crippen LogP contribution in [0.3, 0.4) is 0 Å². The Morgan fingerprint density at radius 1 is 1.06 bits per heavy atom. The minimum atomic E-state index is -0.498. The molecule has 0 aliphatic carbocycles. The fourth-order valence-corrected chi connectivity index (χ4v) is 1.81. The van der Waals surface area contributed by atoms with Crippen LogP contribution in [0.1, 0.15) is 17.7 Å². The van der Waals surface area contributed by atoms with E-state index >= 15 is 0 Å². The zero-order valence-electron chi connectivity index (χ0n) is 9.24. The van der Waals surface area contributed by atoms with E-state index in [1.54, 1.807) is 0 Å². The van der Waals surface area contributed by atoms with Gasteiger partial charge in [-0.2, -0.15) is 0 Å². The van der Waals surface area contributed by atoms with Crippen molar-refractivity contribution in [3.05, 3.63) is 58.9 Å². The summed E-state index contributed by atoms with van der Waals surface area (Å²) in [6.07, 6.45) is 3.61. The highest BCUT2D eigenvalue weighted by atomic mass is 35.5. The van der Waals surface area contributed by atoms with Crippen LogP contribution in [0.15, 0.2) is 36.7 Å². The van der Waals surface area contributed by atoms with Crippen LogP contribution in [0.2, 0.25) is 5.15 Å². The van der Waals surface area contributed by atoms with E-state index in [1.165, 1.54) is 11.9 Å². The van der Waals surface area contributed by atoms with Crippen molar-refractivity contribution < 1.29 is 4.39 Å². The number of rotatable bonds is 4. The van der Waals surface area contributed by atoms with Crippen molar-refractivity contribution in [2.75, 3.05) is 0 Å². The Morgan fingerprint density at radius 2 is 1.82 bits per heavy atom. The van der Waals surface area contributed by atoms with Gasteiger partial charge in [0.1, 0.15) is 6.33 Å². The summed E-state index contributed by atoms with van der Waals surface area (Å²) in [4.78, 5) is 7.48. The lowest BCUT2D eigenvalue weighted by Crippen LogP contribution is -1.99. The van der Waals surface area contributed by atoms with E-state index in [-0.39, 0.29) is 5.15 Å². The smallest absolute Gasteiger partial charge is 0.181 e. The predicted octanol–water partition coefficient (Wildman–Crippen LogP) is 3.44. The molecule has 0 fully saturated rings. The summed E-state index contributed by atoms with van der Waals surface area (Å²) in [5.41, 5.74) is 1.63. The fraction of sp³-hybridized carbons (Fsp3) is 0.231. The van der Waals surface area contributed by atoms with Gasteiger partial charge in [0, 0.05) is 0 Å². The van der Waals surface area contributed by atoms with Gasteiger partial charge < -0.3 is 0 Å². The minimum Gasteiger partial charge on any atom is -0.238 e. The number of hydrogen-bond acceptors (Lipinski definition) is 2. The Hall–Kier alpha value is -1.48. The first-order valence-corrected chi connectivity index (χ1v) is 5.84. The quantitative estimate of drug-likeness (QED) is 0.777. The van der Waals surface area contributed by atoms with Crippen LogP contribution in [-0.2, 0) is 12.8 Å². The van der Waals surface area contributed by atoms with Gasteiger partial charge in [0.05, 0.1) is 5.69 Å². The third kappa shape index (κ3) is 3.24. The highest BCUT2D eigenvalue weighted by Gasteiger charge is 2.08. The summed E-state index contributed by atoms with van der Waals surface area (Å²) in [6, 6.07) is 10.1. The average Bonchev–Trinajstić information content (AvgIpc) is 2.36. The molecule has 4 heteroatoms. The molecule has 0 saturated carbocycles. The van der Waals surface area contributed by atoms with Gasteiger partial charge in [-0.05, 0) is 24.8 Å². The summed E-state index contributed by atoms with van der Waals surface area (Å²) in [6.45, 7) is 0. The van der Waals surface area contributed by atoms with Crippen LogP contribution in [0.25, 0.3) is 0 Å². The van der Waals surface area contributed by atoms with Crippen molar-refractivity contribution >= 4 is 11.6 Å². The van der Waals surface area contributed by atoms with Crippen LogP contribution >= 0.6 is 11.6 Å². The Bertz CT molecular complexity index is 488. The highest BCUT2D eigenvalue weighted by Crippen LogP contribution is 2.15. The molecule has 88 valence electrons. The Kier molecular flexibility index (Phi) is 4.04. The Morgan fingerprint density at radius 3 is 2.59 bits per heavy atom. The van der Waals surface area contributed by atoms with Gasteiger partial charge in [0.25, 0.3) is 0 Å². The minimum absolute atomic E-state index is 0.102. The van der Waals surface area contributed by atoms with Gasteiger partial charge in [-0.25, -0.2) is 14.4 Å². The molecule has 0 aliphatic rings. The average molecular weight is 251 g/mol. The second-order valence-corrected chi connectivity index (χ2v) is 4.12. The number of nitrogens with zero attached hydrogens (tertiary/aromatic N) is 2. The molecule has 0 saturated heterocycles. The standard InChI is InChI=1S/C13H12ClFN2/c14-13-12(15)11(16-9-17-13)8-4-7-10-5-2-1-3-6-10/h1-3,5-6,9H,4,7-8H2. The zero-order valence-corrected chi connectivity index (χ0v) is 9.99. The second-order valence-electron chi connectivity index (χ2n) is 3.76. The topological polar surface area (TPSA) is 25.8 Å². The lowest BCUT2D eigenvalue weighted by Gasteiger charge is -2.03. The number of benzene rings is 1. The zero-order chi connectivity index (χ0) is 12.1. The molecule has 0 unspecified atom stereocenters. The first-order valence-electron chi connectivity index (χ1n) is 5.46. The van der Waals surface area contributed by atoms with Crippen molar-refractivity contribution in [3.63, 3.8) is 0 Å². The number of halogens is 2. The normalized spacial score (nSPS) is 10.5. The van der Waals surface area contributed by atoms with E-state index in [4.69, 9.17) is 11.6 Å². The van der Waals surface area contributed by atoms with Crippen LogP contribution < -0.4 is 0 Å². The Labute approximate surface area is 104 Å². The van der Waals surface area contributed by atoms with E-state index in [9.17, 15) is 4.39 Å². The third-order valence-corrected chi connectivity index (χ3v) is 2.80. The van der Waals surface area contributed by atoms with Gasteiger partial charge in [-0.15, -0.1) is 0 Å². The molecule has 0 aliphatic heterocycles. The van der Waals surface area contributed by atoms with Crippen molar-refractivity contribution in [2.45, 2.75) is 19.3 Å². The van der Waals surface area contributed by atoms with Crippen molar-refractivity contribution in [2.24, 2.45) is 0 Å².